The lowest BCUT2D eigenvalue weighted by Crippen LogP contribution is -2.42. The van der Waals surface area contributed by atoms with E-state index in [-0.39, 0.29) is 51.2 Å². The van der Waals surface area contributed by atoms with Gasteiger partial charge < -0.3 is 21.2 Å². The van der Waals surface area contributed by atoms with Crippen LogP contribution in [0.5, 0.6) is 0 Å². The summed E-state index contributed by atoms with van der Waals surface area (Å²) in [4.78, 5) is 18.2. The second-order valence-electron chi connectivity index (χ2n) is 6.39. The van der Waals surface area contributed by atoms with E-state index in [1.807, 2.05) is 0 Å². The number of carbonyl (C=O) groups is 1. The van der Waals surface area contributed by atoms with E-state index >= 15 is 0 Å². The summed E-state index contributed by atoms with van der Waals surface area (Å²) in [6.07, 6.45) is 0.760. The summed E-state index contributed by atoms with van der Waals surface area (Å²) in [7, 11) is 0. The van der Waals surface area contributed by atoms with E-state index in [1.165, 1.54) is 11.1 Å². The van der Waals surface area contributed by atoms with E-state index in [4.69, 9.17) is 10.9 Å². The zero-order valence-electron chi connectivity index (χ0n) is 15.2. The average molecular weight is 488 g/mol. The molecule has 1 saturated heterocycles. The molecule has 1 aromatic carbocycles. The van der Waals surface area contributed by atoms with Crippen molar-refractivity contribution in [2.75, 3.05) is 18.4 Å². The first-order valence-corrected chi connectivity index (χ1v) is 9.26. The molecule has 1 aliphatic rings. The second-order valence-corrected chi connectivity index (χ2v) is 7.24. The number of halogens is 3. The molecule has 1 fully saturated rings. The van der Waals surface area contributed by atoms with Crippen LogP contribution < -0.4 is 11.1 Å². The van der Waals surface area contributed by atoms with Crippen molar-refractivity contribution >= 4 is 52.7 Å². The van der Waals surface area contributed by atoms with Gasteiger partial charge in [0.25, 0.3) is 11.8 Å². The molecule has 29 heavy (non-hydrogen) atoms. The average Bonchev–Trinajstić information content (AvgIpc) is 2.69. The predicted octanol–water partition coefficient (Wildman–Crippen LogP) is 3.67. The van der Waals surface area contributed by atoms with Gasteiger partial charge in [-0.2, -0.15) is 13.5 Å². The predicted molar refractivity (Wildman–Crippen MR) is 115 cm³/mol. The van der Waals surface area contributed by atoms with Crippen molar-refractivity contribution in [1.82, 2.24) is 9.88 Å². The van der Waals surface area contributed by atoms with Crippen molar-refractivity contribution in [2.24, 2.45) is 10.9 Å². The maximum Gasteiger partial charge on any atom is 0.255 e. The fourth-order valence-electron chi connectivity index (χ4n) is 2.79. The van der Waals surface area contributed by atoms with Gasteiger partial charge in [-0.3, -0.25) is 4.79 Å². The number of amidine groups is 1. The van der Waals surface area contributed by atoms with Crippen LogP contribution in [-0.2, 0) is 0 Å². The normalized spacial score (nSPS) is 16.1. The minimum Gasteiger partial charge on any atom is -0.409 e. The molecule has 11 heteroatoms. The summed E-state index contributed by atoms with van der Waals surface area (Å²) >= 11 is 3.38. The summed E-state index contributed by atoms with van der Waals surface area (Å²) in [5, 5.41) is 14.7. The van der Waals surface area contributed by atoms with E-state index in [1.54, 1.807) is 30.3 Å². The summed E-state index contributed by atoms with van der Waals surface area (Å²) in [6.45, 7) is 0.0478. The standard InChI is InChI=1S/C18H18BrF2N5O2.H2S/c19-14-9-12(17(27)26-7-5-18(20,21)6-8-26)10-23-16(14)24-13-3-1-11(2-4-13)15(22)25-28;/h1-4,9-10,28H,5-8H2,(H2,22,25)(H,23,24);1H2. The zero-order valence-corrected chi connectivity index (χ0v) is 17.8. The summed E-state index contributed by atoms with van der Waals surface area (Å²) in [5.74, 6) is -2.53. The molecule has 0 bridgehead atoms. The Bertz CT molecular complexity index is 902. The van der Waals surface area contributed by atoms with Crippen LogP contribution in [0.2, 0.25) is 0 Å². The molecule has 2 heterocycles. The number of nitrogens with two attached hydrogens (primary N) is 1. The van der Waals surface area contributed by atoms with Crippen molar-refractivity contribution in [2.45, 2.75) is 18.8 Å². The highest BCUT2D eigenvalue weighted by molar-refractivity contribution is 9.10. The molecule has 0 aliphatic carbocycles. The van der Waals surface area contributed by atoms with Crippen LogP contribution in [0.25, 0.3) is 0 Å². The van der Waals surface area contributed by atoms with Gasteiger partial charge in [0.15, 0.2) is 5.84 Å². The van der Waals surface area contributed by atoms with Crippen molar-refractivity contribution in [1.29, 1.82) is 0 Å². The fraction of sp³-hybridized carbons (Fsp3) is 0.278. The minimum atomic E-state index is -2.70. The van der Waals surface area contributed by atoms with E-state index in [0.29, 0.717) is 27.1 Å². The van der Waals surface area contributed by atoms with Gasteiger partial charge in [-0.25, -0.2) is 13.8 Å². The Morgan fingerprint density at radius 3 is 2.41 bits per heavy atom. The first kappa shape index (κ1) is 22.9. The van der Waals surface area contributed by atoms with Gasteiger partial charge in [-0.15, -0.1) is 0 Å². The Morgan fingerprint density at radius 2 is 1.86 bits per heavy atom. The lowest BCUT2D eigenvalue weighted by atomic mass is 10.1. The molecule has 1 amide bonds. The highest BCUT2D eigenvalue weighted by Gasteiger charge is 2.35. The largest absolute Gasteiger partial charge is 0.409 e. The first-order chi connectivity index (χ1) is 13.3. The van der Waals surface area contributed by atoms with E-state index in [2.05, 4.69) is 31.4 Å². The summed E-state index contributed by atoms with van der Waals surface area (Å²) in [6, 6.07) is 8.42. The third kappa shape index (κ3) is 5.57. The molecule has 1 aliphatic heterocycles. The third-order valence-corrected chi connectivity index (χ3v) is 5.03. The molecule has 0 saturated carbocycles. The number of nitrogens with one attached hydrogen (secondary N) is 1. The Balaban J connectivity index is 0.00000300. The zero-order chi connectivity index (χ0) is 20.3. The number of amides is 1. The minimum absolute atomic E-state index is 0. The Labute approximate surface area is 181 Å². The Morgan fingerprint density at radius 1 is 1.24 bits per heavy atom. The molecule has 0 radical (unpaired) electrons. The number of nitrogens with zero attached hydrogens (tertiary/aromatic N) is 3. The Hall–Kier alpha value is -2.40. The van der Waals surface area contributed by atoms with E-state index in [9.17, 15) is 13.6 Å². The SMILES string of the molecule is N/C(=N\O)c1ccc(Nc2ncc(C(=O)N3CCC(F)(F)CC3)cc2Br)cc1.S. The quantitative estimate of drug-likeness (QED) is 0.264. The van der Waals surface area contributed by atoms with Crippen molar-refractivity contribution < 1.29 is 18.8 Å². The van der Waals surface area contributed by atoms with Crippen molar-refractivity contribution in [3.05, 3.63) is 52.1 Å². The molecular formula is C18H20BrF2N5O2S. The monoisotopic (exact) mass is 487 g/mol. The van der Waals surface area contributed by atoms with Gasteiger partial charge in [-0.05, 0) is 46.3 Å². The van der Waals surface area contributed by atoms with Gasteiger partial charge in [-0.1, -0.05) is 5.16 Å². The van der Waals surface area contributed by atoms with Crippen LogP contribution in [-0.4, -0.2) is 45.8 Å². The molecule has 156 valence electrons. The number of aromatic nitrogens is 1. The van der Waals surface area contributed by atoms with Gasteiger partial charge >= 0.3 is 0 Å². The molecule has 0 spiro atoms. The van der Waals surface area contributed by atoms with Crippen LogP contribution in [0, 0.1) is 0 Å². The summed E-state index contributed by atoms with van der Waals surface area (Å²) < 4.78 is 27.1. The van der Waals surface area contributed by atoms with E-state index < -0.39 is 5.92 Å². The van der Waals surface area contributed by atoms with Crippen molar-refractivity contribution in [3.8, 4) is 0 Å². The van der Waals surface area contributed by atoms with Gasteiger partial charge in [0.2, 0.25) is 0 Å². The van der Waals surface area contributed by atoms with Crippen LogP contribution in [0.4, 0.5) is 20.3 Å². The van der Waals surface area contributed by atoms with Crippen LogP contribution in [0.1, 0.15) is 28.8 Å². The van der Waals surface area contributed by atoms with Gasteiger partial charge in [0.1, 0.15) is 5.82 Å². The van der Waals surface area contributed by atoms with Crippen LogP contribution >= 0.6 is 29.4 Å². The number of carbonyl (C=O) groups excluding carboxylic acids is 1. The van der Waals surface area contributed by atoms with Crippen LogP contribution in [0.15, 0.2) is 46.2 Å². The topological polar surface area (TPSA) is 104 Å². The number of hydrogen-bond donors (Lipinski definition) is 3. The number of oxime groups is 1. The number of alkyl halides is 2. The van der Waals surface area contributed by atoms with Gasteiger partial charge in [0, 0.05) is 43.4 Å². The summed E-state index contributed by atoms with van der Waals surface area (Å²) in [5.41, 5.74) is 7.12. The lowest BCUT2D eigenvalue weighted by molar-refractivity contribution is -0.0494. The molecular weight excluding hydrogens is 468 g/mol. The number of benzene rings is 1. The Kier molecular flexibility index (Phi) is 7.42. The molecule has 0 unspecified atom stereocenters. The molecule has 3 rings (SSSR count). The number of anilines is 2. The van der Waals surface area contributed by atoms with E-state index in [0.717, 1.165) is 0 Å². The third-order valence-electron chi connectivity index (χ3n) is 4.42. The molecule has 4 N–H and O–H groups in total. The maximum absolute atomic E-state index is 13.3. The number of piperidine rings is 1. The number of likely N-dealkylation sites (tertiary alicyclic amines) is 1. The fourth-order valence-corrected chi connectivity index (χ4v) is 3.23. The smallest absolute Gasteiger partial charge is 0.255 e. The van der Waals surface area contributed by atoms with Gasteiger partial charge in [0.05, 0.1) is 10.0 Å². The first-order valence-electron chi connectivity index (χ1n) is 8.47. The highest BCUT2D eigenvalue weighted by Crippen LogP contribution is 2.29. The number of hydrogen-bond acceptors (Lipinski definition) is 5. The van der Waals surface area contributed by atoms with Crippen LogP contribution in [0.3, 0.4) is 0 Å². The molecule has 7 nitrogen and oxygen atoms in total. The maximum atomic E-state index is 13.3. The number of pyridine rings is 1. The lowest BCUT2D eigenvalue weighted by Gasteiger charge is -2.31. The van der Waals surface area contributed by atoms with Crippen molar-refractivity contribution in [3.63, 3.8) is 0 Å². The molecule has 0 atom stereocenters. The highest BCUT2D eigenvalue weighted by atomic mass is 79.9. The second kappa shape index (κ2) is 9.40. The number of rotatable bonds is 4. The molecule has 2 aromatic rings. The molecule has 1 aromatic heterocycles.